The smallest absolute Gasteiger partial charge is 0.308 e. The number of esters is 1. The summed E-state index contributed by atoms with van der Waals surface area (Å²) in [5, 5.41) is 11.8. The van der Waals surface area contributed by atoms with Crippen molar-refractivity contribution < 1.29 is 42.1 Å². The Kier molecular flexibility index (Phi) is 24.4. The minimum Gasteiger partial charge on any atom is -0.457 e. The molecule has 0 bridgehead atoms. The highest BCUT2D eigenvalue weighted by Crippen LogP contribution is 2.43. The van der Waals surface area contributed by atoms with Crippen LogP contribution >= 0.6 is 0 Å². The molecule has 11 atom stereocenters. The third kappa shape index (κ3) is 16.1. The number of carbonyl (C=O) groups is 1. The molecule has 0 aliphatic carbocycles. The van der Waals surface area contributed by atoms with Crippen LogP contribution in [0.25, 0.3) is 0 Å². The third-order valence-corrected chi connectivity index (χ3v) is 29.3. The Morgan fingerprint density at radius 3 is 1.98 bits per heavy atom. The quantitative estimate of drug-likeness (QED) is 0.0215. The molecular weight excluding hydrogens is 829 g/mol. The van der Waals surface area contributed by atoms with Crippen LogP contribution in [0.2, 0.25) is 54.4 Å². The largest absolute Gasteiger partial charge is 0.457 e. The number of cyclic esters (lactones) is 1. The van der Waals surface area contributed by atoms with Crippen molar-refractivity contribution in [1.82, 2.24) is 0 Å². The third-order valence-electron chi connectivity index (χ3n) is 15.2. The molecule has 12 heteroatoms. The lowest BCUT2D eigenvalue weighted by Crippen LogP contribution is -2.46. The van der Waals surface area contributed by atoms with E-state index in [1.165, 1.54) is 0 Å². The molecule has 362 valence electrons. The Morgan fingerprint density at radius 1 is 0.903 bits per heavy atom. The molecule has 0 spiro atoms. The van der Waals surface area contributed by atoms with Gasteiger partial charge < -0.3 is 37.3 Å². The number of rotatable bonds is 27. The van der Waals surface area contributed by atoms with Gasteiger partial charge in [-0.05, 0) is 114 Å². The Hall–Kier alpha value is -0.939. The van der Waals surface area contributed by atoms with E-state index in [1.807, 2.05) is 40.7 Å². The van der Waals surface area contributed by atoms with Crippen LogP contribution in [0, 0.1) is 11.8 Å². The highest BCUT2D eigenvalue weighted by Gasteiger charge is 2.51. The number of hydrogen-bond donors (Lipinski definition) is 1. The fourth-order valence-electron chi connectivity index (χ4n) is 9.88. The molecule has 0 aromatic rings. The molecule has 0 saturated carbocycles. The topological polar surface area (TPSA) is 105 Å². The first-order valence-corrected chi connectivity index (χ1v) is 32.8. The SMILES string of the molecule is CCOC(C)OC1(C)CCC(O[Si](CC)(CC)CC)CC(=O)OC(C(C)=CC=CC(C)(CC2OC2C(C)C(CC)O[Si](CC)(CC)CC)O[Si](CC)(CC)CC)C(C)C=CC1O. The van der Waals surface area contributed by atoms with E-state index in [-0.39, 0.29) is 42.7 Å². The maximum atomic E-state index is 14.0. The Balaban J connectivity index is 2.53. The molecule has 0 aromatic carbocycles. The van der Waals surface area contributed by atoms with E-state index in [4.69, 9.17) is 32.2 Å². The Labute approximate surface area is 384 Å². The second-order valence-corrected chi connectivity index (χ2v) is 33.4. The minimum absolute atomic E-state index is 0.0979. The van der Waals surface area contributed by atoms with Crippen LogP contribution in [-0.2, 0) is 37.0 Å². The van der Waals surface area contributed by atoms with Gasteiger partial charge in [0.05, 0.1) is 35.9 Å². The normalized spacial score (nSPS) is 28.5. The first kappa shape index (κ1) is 57.2. The number of epoxide rings is 1. The fourth-order valence-corrected chi connectivity index (χ4v) is 18.9. The lowest BCUT2D eigenvalue weighted by Gasteiger charge is -2.39. The van der Waals surface area contributed by atoms with Gasteiger partial charge in [0.2, 0.25) is 0 Å². The lowest BCUT2D eigenvalue weighted by atomic mass is 9.88. The average Bonchev–Trinajstić information content (AvgIpc) is 4.03. The van der Waals surface area contributed by atoms with E-state index in [0.29, 0.717) is 25.4 Å². The molecule has 1 N–H and O–H groups in total. The summed E-state index contributed by atoms with van der Waals surface area (Å²) >= 11 is 0. The summed E-state index contributed by atoms with van der Waals surface area (Å²) in [5.41, 5.74) is -0.577. The van der Waals surface area contributed by atoms with Gasteiger partial charge in [0, 0.05) is 31.0 Å². The van der Waals surface area contributed by atoms with E-state index in [2.05, 4.69) is 101 Å². The van der Waals surface area contributed by atoms with Crippen molar-refractivity contribution in [2.75, 3.05) is 6.61 Å². The Morgan fingerprint density at radius 2 is 1.47 bits per heavy atom. The number of carbonyl (C=O) groups excluding carboxylic acids is 1. The van der Waals surface area contributed by atoms with Crippen LogP contribution in [-0.4, -0.2) is 96.8 Å². The number of aliphatic hydroxyl groups excluding tert-OH is 1. The van der Waals surface area contributed by atoms with Gasteiger partial charge in [-0.15, -0.1) is 0 Å². The van der Waals surface area contributed by atoms with Crippen molar-refractivity contribution in [2.45, 2.75) is 258 Å². The summed E-state index contributed by atoms with van der Waals surface area (Å²) in [6.07, 6.45) is 11.2. The van der Waals surface area contributed by atoms with Gasteiger partial charge in [0.25, 0.3) is 0 Å². The number of hydrogen-bond acceptors (Lipinski definition) is 9. The standard InChI is InChI=1S/C50H96O9Si3/c1-18-43(58-61(23-6,24-7)25-8)40(14)48-44(54-48)37-49(16,59-62(26-9,27-10)28-11)34-29-30-38(12)47-39(13)31-32-45(51)50(17,56-41(15)53-19-2)35-33-42(36-46(52)55-47)57-60(20-3,21-4)22-5/h29-32,34,39-45,47-48,51H,18-28,33,35-37H2,1-17H3. The number of ether oxygens (including phenoxy) is 4. The lowest BCUT2D eigenvalue weighted by molar-refractivity contribution is -0.221. The summed E-state index contributed by atoms with van der Waals surface area (Å²) in [4.78, 5) is 14.0. The highest BCUT2D eigenvalue weighted by molar-refractivity contribution is 6.74. The summed E-state index contributed by atoms with van der Waals surface area (Å²) in [6, 6.07) is 9.52. The minimum atomic E-state index is -2.08. The molecule has 0 aromatic heterocycles. The molecule has 2 heterocycles. The van der Waals surface area contributed by atoms with Gasteiger partial charge in [-0.1, -0.05) is 113 Å². The van der Waals surface area contributed by atoms with Gasteiger partial charge in [0.15, 0.2) is 31.2 Å². The molecule has 1 saturated heterocycles. The molecule has 2 rings (SSSR count). The van der Waals surface area contributed by atoms with Crippen molar-refractivity contribution in [3.05, 3.63) is 36.0 Å². The number of aliphatic hydroxyl groups is 1. The van der Waals surface area contributed by atoms with Crippen molar-refractivity contribution in [2.24, 2.45) is 11.8 Å². The molecule has 0 radical (unpaired) electrons. The van der Waals surface area contributed by atoms with E-state index in [9.17, 15) is 9.90 Å². The first-order chi connectivity index (χ1) is 29.2. The summed E-state index contributed by atoms with van der Waals surface area (Å²) in [7, 11) is -5.86. The van der Waals surface area contributed by atoms with Gasteiger partial charge in [-0.2, -0.15) is 0 Å². The summed E-state index contributed by atoms with van der Waals surface area (Å²) < 4.78 is 46.5. The Bertz CT molecular complexity index is 1370. The zero-order valence-electron chi connectivity index (χ0n) is 42.9. The van der Waals surface area contributed by atoms with E-state index in [0.717, 1.165) is 72.8 Å². The van der Waals surface area contributed by atoms with Crippen molar-refractivity contribution >= 4 is 30.9 Å². The predicted molar refractivity (Wildman–Crippen MR) is 265 cm³/mol. The van der Waals surface area contributed by atoms with Crippen LogP contribution < -0.4 is 0 Å². The molecule has 9 nitrogen and oxygen atoms in total. The van der Waals surface area contributed by atoms with Crippen LogP contribution in [0.4, 0.5) is 0 Å². The molecule has 0 amide bonds. The zero-order chi connectivity index (χ0) is 46.9. The van der Waals surface area contributed by atoms with Crippen molar-refractivity contribution in [3.8, 4) is 0 Å². The second kappa shape index (κ2) is 26.4. The molecule has 1 fully saturated rings. The monoisotopic (exact) mass is 925 g/mol. The van der Waals surface area contributed by atoms with Gasteiger partial charge in [0.1, 0.15) is 12.2 Å². The second-order valence-electron chi connectivity index (χ2n) is 19.2. The van der Waals surface area contributed by atoms with E-state index >= 15 is 0 Å². The predicted octanol–water partition coefficient (Wildman–Crippen LogP) is 13.1. The molecular formula is C50H96O9Si3. The van der Waals surface area contributed by atoms with Gasteiger partial charge in [-0.25, -0.2) is 0 Å². The van der Waals surface area contributed by atoms with Crippen molar-refractivity contribution in [3.63, 3.8) is 0 Å². The number of allylic oxidation sites excluding steroid dienone is 2. The molecule has 11 unspecified atom stereocenters. The average molecular weight is 926 g/mol. The zero-order valence-corrected chi connectivity index (χ0v) is 45.9. The van der Waals surface area contributed by atoms with Crippen LogP contribution in [0.15, 0.2) is 36.0 Å². The molecule has 62 heavy (non-hydrogen) atoms. The fraction of sp³-hybridized carbons (Fsp3) is 0.860. The van der Waals surface area contributed by atoms with Crippen molar-refractivity contribution in [1.29, 1.82) is 0 Å². The summed E-state index contributed by atoms with van der Waals surface area (Å²) in [5.74, 6) is -0.197. The van der Waals surface area contributed by atoms with Crippen LogP contribution in [0.3, 0.4) is 0 Å². The van der Waals surface area contributed by atoms with E-state index < -0.39 is 54.7 Å². The molecule has 2 aliphatic heterocycles. The van der Waals surface area contributed by atoms with Crippen LogP contribution in [0.5, 0.6) is 0 Å². The first-order valence-electron chi connectivity index (χ1n) is 25.2. The summed E-state index contributed by atoms with van der Waals surface area (Å²) in [6.45, 7) is 37.5. The van der Waals surface area contributed by atoms with Gasteiger partial charge in [-0.3, -0.25) is 4.79 Å². The maximum absolute atomic E-state index is 14.0. The molecule has 2 aliphatic rings. The highest BCUT2D eigenvalue weighted by atomic mass is 28.4. The van der Waals surface area contributed by atoms with Gasteiger partial charge >= 0.3 is 5.97 Å². The van der Waals surface area contributed by atoms with Crippen LogP contribution in [0.1, 0.15) is 150 Å². The maximum Gasteiger partial charge on any atom is 0.308 e. The van der Waals surface area contributed by atoms with E-state index in [1.54, 1.807) is 6.08 Å².